The summed E-state index contributed by atoms with van der Waals surface area (Å²) < 4.78 is 6.03. The van der Waals surface area contributed by atoms with Gasteiger partial charge in [0, 0.05) is 22.8 Å². The van der Waals surface area contributed by atoms with Crippen molar-refractivity contribution in [1.29, 1.82) is 0 Å². The predicted molar refractivity (Wildman–Crippen MR) is 89.9 cm³/mol. The maximum atomic E-state index is 6.03. The van der Waals surface area contributed by atoms with Crippen molar-refractivity contribution in [3.05, 3.63) is 29.8 Å². The van der Waals surface area contributed by atoms with E-state index in [-0.39, 0.29) is 5.60 Å². The fourth-order valence-electron chi connectivity index (χ4n) is 3.45. The molecule has 2 unspecified atom stereocenters. The van der Waals surface area contributed by atoms with Crippen LogP contribution in [0.5, 0.6) is 0 Å². The van der Waals surface area contributed by atoms with Crippen molar-refractivity contribution in [3.63, 3.8) is 0 Å². The number of hydrogen-bond acceptors (Lipinski definition) is 3. The molecule has 116 valence electrons. The highest BCUT2D eigenvalue weighted by Crippen LogP contribution is 2.46. The van der Waals surface area contributed by atoms with Crippen molar-refractivity contribution in [2.75, 3.05) is 13.2 Å². The van der Waals surface area contributed by atoms with Crippen molar-refractivity contribution in [3.8, 4) is 0 Å². The molecule has 21 heavy (non-hydrogen) atoms. The molecule has 1 heterocycles. The Morgan fingerprint density at radius 1 is 1.33 bits per heavy atom. The molecule has 2 fully saturated rings. The first-order chi connectivity index (χ1) is 10.2. The van der Waals surface area contributed by atoms with Gasteiger partial charge >= 0.3 is 0 Å². The molecule has 1 saturated heterocycles. The van der Waals surface area contributed by atoms with Crippen molar-refractivity contribution in [1.82, 2.24) is 5.32 Å². The first kappa shape index (κ1) is 15.4. The van der Waals surface area contributed by atoms with E-state index in [1.165, 1.54) is 42.6 Å². The lowest BCUT2D eigenvalue weighted by Gasteiger charge is -2.47. The van der Waals surface area contributed by atoms with Crippen LogP contribution in [-0.4, -0.2) is 24.0 Å². The summed E-state index contributed by atoms with van der Waals surface area (Å²) in [6, 6.07) is 9.56. The van der Waals surface area contributed by atoms with Crippen molar-refractivity contribution in [2.24, 2.45) is 0 Å². The monoisotopic (exact) mass is 305 g/mol. The van der Waals surface area contributed by atoms with Gasteiger partial charge in [-0.1, -0.05) is 19.1 Å². The first-order valence-electron chi connectivity index (χ1n) is 8.35. The lowest BCUT2D eigenvalue weighted by atomic mass is 9.75. The fourth-order valence-corrected chi connectivity index (χ4v) is 4.73. The van der Waals surface area contributed by atoms with Gasteiger partial charge in [-0.3, -0.25) is 0 Å². The second kappa shape index (κ2) is 6.72. The summed E-state index contributed by atoms with van der Waals surface area (Å²) in [4.78, 5) is 1.41. The van der Waals surface area contributed by atoms with Crippen LogP contribution in [0.3, 0.4) is 0 Å². The lowest BCUT2D eigenvalue weighted by Crippen LogP contribution is -2.46. The third-order valence-electron chi connectivity index (χ3n) is 4.91. The highest BCUT2D eigenvalue weighted by molar-refractivity contribution is 8.00. The largest absolute Gasteiger partial charge is 0.375 e. The highest BCUT2D eigenvalue weighted by atomic mass is 32.2. The molecule has 3 heteroatoms. The molecule has 1 saturated carbocycles. The molecule has 1 aliphatic carbocycles. The van der Waals surface area contributed by atoms with E-state index >= 15 is 0 Å². The zero-order chi connectivity index (χ0) is 14.7. The van der Waals surface area contributed by atoms with Crippen molar-refractivity contribution >= 4 is 11.8 Å². The van der Waals surface area contributed by atoms with E-state index in [1.807, 2.05) is 11.8 Å². The summed E-state index contributed by atoms with van der Waals surface area (Å²) in [5, 5.41) is 4.20. The molecule has 1 spiro atoms. The molecule has 0 aromatic heterocycles. The van der Waals surface area contributed by atoms with Crippen LogP contribution in [0, 0.1) is 0 Å². The molecule has 1 aromatic carbocycles. The number of hydrogen-bond donors (Lipinski definition) is 1. The van der Waals surface area contributed by atoms with E-state index in [9.17, 15) is 0 Å². The van der Waals surface area contributed by atoms with Crippen LogP contribution in [0.2, 0.25) is 0 Å². The molecule has 1 aliphatic heterocycles. The van der Waals surface area contributed by atoms with Crippen LogP contribution in [-0.2, 0) is 4.74 Å². The third-order valence-corrected chi connectivity index (χ3v) is 6.19. The summed E-state index contributed by atoms with van der Waals surface area (Å²) in [6.45, 7) is 6.35. The maximum Gasteiger partial charge on any atom is 0.0693 e. The smallest absolute Gasteiger partial charge is 0.0693 e. The van der Waals surface area contributed by atoms with Gasteiger partial charge < -0.3 is 10.1 Å². The number of rotatable bonds is 5. The van der Waals surface area contributed by atoms with E-state index in [2.05, 4.69) is 43.4 Å². The summed E-state index contributed by atoms with van der Waals surface area (Å²) in [5.41, 5.74) is 1.64. The minimum absolute atomic E-state index is 0.259. The fraction of sp³-hybridized carbons (Fsp3) is 0.667. The number of benzene rings is 1. The summed E-state index contributed by atoms with van der Waals surface area (Å²) >= 11 is 2.05. The molecular formula is C18H27NOS. The zero-order valence-corrected chi connectivity index (χ0v) is 14.0. The average molecular weight is 305 g/mol. The standard InChI is InChI=1S/C18H27NOS/c1-3-19-14(2)15-5-7-16(8-6-15)21-17-9-12-20-18(13-17)10-4-11-18/h5-8,14,17,19H,3-4,9-13H2,1-2H3. The Morgan fingerprint density at radius 3 is 2.71 bits per heavy atom. The van der Waals surface area contributed by atoms with Crippen LogP contribution < -0.4 is 5.32 Å². The Morgan fingerprint density at radius 2 is 2.10 bits per heavy atom. The van der Waals surface area contributed by atoms with Gasteiger partial charge in [-0.2, -0.15) is 0 Å². The molecule has 3 rings (SSSR count). The Balaban J connectivity index is 1.57. The van der Waals surface area contributed by atoms with Crippen LogP contribution >= 0.6 is 11.8 Å². The van der Waals surface area contributed by atoms with Gasteiger partial charge in [0.15, 0.2) is 0 Å². The summed E-state index contributed by atoms with van der Waals surface area (Å²) in [6.07, 6.45) is 6.36. The van der Waals surface area contributed by atoms with Crippen molar-refractivity contribution < 1.29 is 4.74 Å². The molecular weight excluding hydrogens is 278 g/mol. The average Bonchev–Trinajstić information content (AvgIpc) is 2.47. The molecule has 2 nitrogen and oxygen atoms in total. The summed E-state index contributed by atoms with van der Waals surface area (Å²) in [7, 11) is 0. The lowest BCUT2D eigenvalue weighted by molar-refractivity contribution is -0.125. The molecule has 0 radical (unpaired) electrons. The van der Waals surface area contributed by atoms with Gasteiger partial charge in [0.05, 0.1) is 5.60 Å². The van der Waals surface area contributed by atoms with Crippen LogP contribution in [0.15, 0.2) is 29.2 Å². The van der Waals surface area contributed by atoms with Crippen LogP contribution in [0.4, 0.5) is 0 Å². The molecule has 2 atom stereocenters. The number of nitrogens with one attached hydrogen (secondary N) is 1. The maximum absolute atomic E-state index is 6.03. The predicted octanol–water partition coefficient (Wildman–Crippen LogP) is 4.55. The molecule has 0 bridgehead atoms. The van der Waals surface area contributed by atoms with Gasteiger partial charge in [-0.15, -0.1) is 11.8 Å². The minimum atomic E-state index is 0.259. The quantitative estimate of drug-likeness (QED) is 0.862. The van der Waals surface area contributed by atoms with Gasteiger partial charge in [0.2, 0.25) is 0 Å². The Kier molecular flexibility index (Phi) is 4.92. The Bertz CT molecular complexity index is 455. The molecule has 2 aliphatic rings. The Labute approximate surface area is 133 Å². The number of thioether (sulfide) groups is 1. The van der Waals surface area contributed by atoms with Gasteiger partial charge in [-0.25, -0.2) is 0 Å². The second-order valence-corrected chi connectivity index (χ2v) is 7.84. The van der Waals surface area contributed by atoms with Crippen LogP contribution in [0.25, 0.3) is 0 Å². The Hall–Kier alpha value is -0.510. The molecule has 1 aromatic rings. The second-order valence-electron chi connectivity index (χ2n) is 6.47. The normalized spacial score (nSPS) is 25.5. The van der Waals surface area contributed by atoms with E-state index in [0.29, 0.717) is 6.04 Å². The highest BCUT2D eigenvalue weighted by Gasteiger charge is 2.42. The SMILES string of the molecule is CCNC(C)c1ccc(SC2CCOC3(CCC3)C2)cc1. The third kappa shape index (κ3) is 3.64. The summed E-state index contributed by atoms with van der Waals surface area (Å²) in [5.74, 6) is 0. The van der Waals surface area contributed by atoms with Crippen LogP contribution in [0.1, 0.15) is 57.6 Å². The van der Waals surface area contributed by atoms with Gasteiger partial charge in [-0.05, 0) is 63.3 Å². The minimum Gasteiger partial charge on any atom is -0.375 e. The molecule has 0 amide bonds. The topological polar surface area (TPSA) is 21.3 Å². The first-order valence-corrected chi connectivity index (χ1v) is 9.23. The van der Waals surface area contributed by atoms with E-state index in [4.69, 9.17) is 4.74 Å². The van der Waals surface area contributed by atoms with Crippen molar-refractivity contribution in [2.45, 2.75) is 67.7 Å². The van der Waals surface area contributed by atoms with Gasteiger partial charge in [0.25, 0.3) is 0 Å². The number of ether oxygens (including phenoxy) is 1. The van der Waals surface area contributed by atoms with E-state index < -0.39 is 0 Å². The zero-order valence-electron chi connectivity index (χ0n) is 13.2. The van der Waals surface area contributed by atoms with E-state index in [1.54, 1.807) is 0 Å². The van der Waals surface area contributed by atoms with E-state index in [0.717, 1.165) is 18.4 Å². The van der Waals surface area contributed by atoms with Gasteiger partial charge in [0.1, 0.15) is 0 Å². The molecule has 1 N–H and O–H groups in total.